The molecule has 0 bridgehead atoms. The van der Waals surface area contributed by atoms with Crippen LogP contribution in [0.4, 0.5) is 0 Å². The zero-order chi connectivity index (χ0) is 15.0. The monoisotopic (exact) mass is 324 g/mol. The maximum atomic E-state index is 11.2. The number of hydrogen-bond acceptors (Lipinski definition) is 6. The van der Waals surface area contributed by atoms with E-state index in [1.807, 2.05) is 24.1 Å². The van der Waals surface area contributed by atoms with Gasteiger partial charge in [-0.25, -0.2) is 0 Å². The molecule has 2 aliphatic heterocycles. The summed E-state index contributed by atoms with van der Waals surface area (Å²) in [6.45, 7) is 0. The summed E-state index contributed by atoms with van der Waals surface area (Å²) in [6, 6.07) is 6.80. The standard InChI is InChI=1S/C14H16N2O3S2/c1-16-10(14(18)19)7-21-13(16)9-6-20-12(15-9)8-4-2-3-5-11(8)17/h2-5,9-10,13,17H,6-7H2,1H3,(H,18,19)/t9-,10-,13+/m1/s1. The van der Waals surface area contributed by atoms with Gasteiger partial charge in [0, 0.05) is 17.1 Å². The number of thioether (sulfide) groups is 2. The van der Waals surface area contributed by atoms with E-state index >= 15 is 0 Å². The maximum Gasteiger partial charge on any atom is 0.321 e. The number of benzene rings is 1. The first-order valence-corrected chi connectivity index (χ1v) is 8.66. The average molecular weight is 324 g/mol. The van der Waals surface area contributed by atoms with Crippen LogP contribution in [0.2, 0.25) is 0 Å². The summed E-state index contributed by atoms with van der Waals surface area (Å²) < 4.78 is 0. The van der Waals surface area contributed by atoms with Gasteiger partial charge in [0.2, 0.25) is 0 Å². The third-order valence-electron chi connectivity index (χ3n) is 3.74. The van der Waals surface area contributed by atoms with Crippen molar-refractivity contribution in [3.05, 3.63) is 29.8 Å². The number of para-hydroxylation sites is 1. The van der Waals surface area contributed by atoms with Gasteiger partial charge < -0.3 is 10.2 Å². The number of aliphatic imine (C=N–C) groups is 1. The molecule has 0 radical (unpaired) electrons. The minimum atomic E-state index is -0.775. The number of rotatable bonds is 3. The van der Waals surface area contributed by atoms with E-state index in [1.54, 1.807) is 35.7 Å². The number of phenols is 1. The van der Waals surface area contributed by atoms with Gasteiger partial charge in [-0.15, -0.1) is 23.5 Å². The molecule has 21 heavy (non-hydrogen) atoms. The van der Waals surface area contributed by atoms with E-state index in [0.29, 0.717) is 5.75 Å². The van der Waals surface area contributed by atoms with Gasteiger partial charge in [-0.2, -0.15) is 0 Å². The Morgan fingerprint density at radius 2 is 2.14 bits per heavy atom. The Morgan fingerprint density at radius 1 is 1.38 bits per heavy atom. The first-order valence-electron chi connectivity index (χ1n) is 6.63. The van der Waals surface area contributed by atoms with E-state index in [2.05, 4.69) is 0 Å². The lowest BCUT2D eigenvalue weighted by Gasteiger charge is -2.24. The fourth-order valence-electron chi connectivity index (χ4n) is 2.57. The number of carbonyl (C=O) groups is 1. The van der Waals surface area contributed by atoms with Crippen LogP contribution in [0.1, 0.15) is 5.56 Å². The van der Waals surface area contributed by atoms with Crippen LogP contribution in [0.5, 0.6) is 5.75 Å². The van der Waals surface area contributed by atoms with Gasteiger partial charge in [0.05, 0.1) is 11.4 Å². The predicted molar refractivity (Wildman–Crippen MR) is 86.3 cm³/mol. The molecule has 0 saturated carbocycles. The van der Waals surface area contributed by atoms with Gasteiger partial charge in [-0.05, 0) is 19.2 Å². The van der Waals surface area contributed by atoms with E-state index in [-0.39, 0.29) is 17.2 Å². The third kappa shape index (κ3) is 2.77. The summed E-state index contributed by atoms with van der Waals surface area (Å²) in [7, 11) is 1.85. The number of carboxylic acids is 1. The Balaban J connectivity index is 1.78. The van der Waals surface area contributed by atoms with Crippen LogP contribution in [0, 0.1) is 0 Å². The van der Waals surface area contributed by atoms with Crippen LogP contribution in [-0.4, -0.2) is 62.1 Å². The minimum absolute atomic E-state index is 0.0592. The van der Waals surface area contributed by atoms with Crippen molar-refractivity contribution in [2.24, 2.45) is 4.99 Å². The fourth-order valence-corrected chi connectivity index (χ4v) is 5.33. The minimum Gasteiger partial charge on any atom is -0.507 e. The highest BCUT2D eigenvalue weighted by Crippen LogP contribution is 2.37. The molecular formula is C14H16N2O3S2. The second-order valence-electron chi connectivity index (χ2n) is 5.07. The first kappa shape index (κ1) is 14.7. The van der Waals surface area contributed by atoms with Crippen molar-refractivity contribution in [3.8, 4) is 5.75 Å². The molecule has 0 spiro atoms. The number of nitrogens with zero attached hydrogens (tertiary/aromatic N) is 2. The van der Waals surface area contributed by atoms with E-state index in [9.17, 15) is 15.0 Å². The maximum absolute atomic E-state index is 11.2. The highest BCUT2D eigenvalue weighted by atomic mass is 32.2. The summed E-state index contributed by atoms with van der Waals surface area (Å²) in [6.07, 6.45) is 0. The topological polar surface area (TPSA) is 73.1 Å². The highest BCUT2D eigenvalue weighted by Gasteiger charge is 2.41. The second-order valence-corrected chi connectivity index (χ2v) is 7.23. The summed E-state index contributed by atoms with van der Waals surface area (Å²) >= 11 is 3.27. The van der Waals surface area contributed by atoms with Crippen molar-refractivity contribution in [3.63, 3.8) is 0 Å². The van der Waals surface area contributed by atoms with Crippen molar-refractivity contribution in [2.45, 2.75) is 17.5 Å². The van der Waals surface area contributed by atoms with Gasteiger partial charge in [-0.3, -0.25) is 14.7 Å². The van der Waals surface area contributed by atoms with Crippen molar-refractivity contribution in [2.75, 3.05) is 18.6 Å². The van der Waals surface area contributed by atoms with Crippen LogP contribution in [0.3, 0.4) is 0 Å². The van der Waals surface area contributed by atoms with Gasteiger partial charge in [0.1, 0.15) is 16.8 Å². The summed E-state index contributed by atoms with van der Waals surface area (Å²) in [4.78, 5) is 17.8. The molecular weight excluding hydrogens is 308 g/mol. The van der Waals surface area contributed by atoms with E-state index in [4.69, 9.17) is 4.99 Å². The van der Waals surface area contributed by atoms with Crippen LogP contribution >= 0.6 is 23.5 Å². The molecule has 2 N–H and O–H groups in total. The highest BCUT2D eigenvalue weighted by molar-refractivity contribution is 8.14. The van der Waals surface area contributed by atoms with Gasteiger partial charge in [0.15, 0.2) is 0 Å². The Kier molecular flexibility index (Phi) is 4.14. The molecule has 3 atom stereocenters. The molecule has 1 aromatic rings. The number of phenolic OH excluding ortho intramolecular Hbond substituents is 1. The van der Waals surface area contributed by atoms with Crippen molar-refractivity contribution < 1.29 is 15.0 Å². The fraction of sp³-hybridized carbons (Fsp3) is 0.429. The normalized spacial score (nSPS) is 29.6. The lowest BCUT2D eigenvalue weighted by atomic mass is 10.2. The summed E-state index contributed by atoms with van der Waals surface area (Å²) in [5, 5.41) is 20.0. The van der Waals surface area contributed by atoms with Gasteiger partial charge in [0.25, 0.3) is 0 Å². The molecule has 1 fully saturated rings. The third-order valence-corrected chi connectivity index (χ3v) is 6.34. The number of carboxylic acid groups (broad SMARTS) is 1. The predicted octanol–water partition coefficient (Wildman–Crippen LogP) is 1.71. The molecule has 2 heterocycles. The first-order chi connectivity index (χ1) is 10.1. The summed E-state index contributed by atoms with van der Waals surface area (Å²) in [5.74, 6) is 0.875. The molecule has 0 amide bonds. The van der Waals surface area contributed by atoms with Crippen molar-refractivity contribution in [1.82, 2.24) is 4.90 Å². The molecule has 1 aromatic carbocycles. The SMILES string of the molecule is CN1[C@@H](C(=O)O)CS[C@H]1[C@H]1CSC(c2ccccc2O)=N1. The molecule has 0 aromatic heterocycles. The Labute approximate surface area is 131 Å². The quantitative estimate of drug-likeness (QED) is 0.882. The van der Waals surface area contributed by atoms with Gasteiger partial charge in [-0.1, -0.05) is 12.1 Å². The molecule has 3 rings (SSSR count). The zero-order valence-electron chi connectivity index (χ0n) is 11.5. The van der Waals surface area contributed by atoms with Crippen LogP contribution in [0.25, 0.3) is 0 Å². The van der Waals surface area contributed by atoms with E-state index < -0.39 is 12.0 Å². The molecule has 7 heteroatoms. The molecule has 0 unspecified atom stereocenters. The van der Waals surface area contributed by atoms with Crippen molar-refractivity contribution >= 4 is 34.5 Å². The number of hydrogen-bond donors (Lipinski definition) is 2. The molecule has 5 nitrogen and oxygen atoms in total. The number of likely N-dealkylation sites (N-methyl/N-ethyl adjacent to an activating group) is 1. The van der Waals surface area contributed by atoms with Gasteiger partial charge >= 0.3 is 5.97 Å². The average Bonchev–Trinajstić information content (AvgIpc) is 3.05. The molecule has 1 saturated heterocycles. The van der Waals surface area contributed by atoms with E-state index in [1.165, 1.54) is 0 Å². The van der Waals surface area contributed by atoms with E-state index in [0.717, 1.165) is 16.4 Å². The second kappa shape index (κ2) is 5.90. The molecule has 0 aliphatic carbocycles. The van der Waals surface area contributed by atoms with Crippen molar-refractivity contribution in [1.29, 1.82) is 0 Å². The van der Waals surface area contributed by atoms with Crippen LogP contribution in [-0.2, 0) is 4.79 Å². The smallest absolute Gasteiger partial charge is 0.321 e. The molecule has 112 valence electrons. The van der Waals surface area contributed by atoms with Crippen LogP contribution < -0.4 is 0 Å². The Hall–Kier alpha value is -1.18. The molecule has 2 aliphatic rings. The Morgan fingerprint density at radius 3 is 2.81 bits per heavy atom. The number of aromatic hydroxyl groups is 1. The Bertz CT molecular complexity index is 593. The zero-order valence-corrected chi connectivity index (χ0v) is 13.1. The largest absolute Gasteiger partial charge is 0.507 e. The number of aliphatic carboxylic acids is 1. The lowest BCUT2D eigenvalue weighted by molar-refractivity contribution is -0.141. The van der Waals surface area contributed by atoms with Crippen LogP contribution in [0.15, 0.2) is 29.3 Å². The summed E-state index contributed by atoms with van der Waals surface area (Å²) in [5.41, 5.74) is 0.755. The lowest BCUT2D eigenvalue weighted by Crippen LogP contribution is -2.42.